The van der Waals surface area contributed by atoms with Crippen LogP contribution in [0.1, 0.15) is 74.3 Å². The number of nitriles is 1. The van der Waals surface area contributed by atoms with Gasteiger partial charge in [-0.05, 0) is 79.0 Å². The molecule has 0 aromatic heterocycles. The van der Waals surface area contributed by atoms with Crippen molar-refractivity contribution in [3.63, 3.8) is 0 Å². The van der Waals surface area contributed by atoms with Crippen LogP contribution in [0.5, 0.6) is 5.75 Å². The lowest BCUT2D eigenvalue weighted by molar-refractivity contribution is -0.134. The van der Waals surface area contributed by atoms with Gasteiger partial charge in [-0.15, -0.1) is 0 Å². The first-order valence-corrected chi connectivity index (χ1v) is 13.6. The molecule has 6 nitrogen and oxygen atoms in total. The maximum Gasteiger partial charge on any atom is 0.227 e. The van der Waals surface area contributed by atoms with Crippen molar-refractivity contribution in [3.05, 3.63) is 58.1 Å². The summed E-state index contributed by atoms with van der Waals surface area (Å²) >= 11 is 0. The minimum Gasteiger partial charge on any atom is -0.497 e. The van der Waals surface area contributed by atoms with Crippen molar-refractivity contribution < 1.29 is 14.3 Å². The van der Waals surface area contributed by atoms with Gasteiger partial charge in [-0.2, -0.15) is 5.26 Å². The Morgan fingerprint density at radius 2 is 2.00 bits per heavy atom. The van der Waals surface area contributed by atoms with E-state index in [1.54, 1.807) is 7.11 Å². The second-order valence-corrected chi connectivity index (χ2v) is 11.8. The molecule has 6 heteroatoms. The van der Waals surface area contributed by atoms with E-state index in [2.05, 4.69) is 49.6 Å². The lowest BCUT2D eigenvalue weighted by Gasteiger charge is -2.45. The monoisotopic (exact) mass is 501 g/mol. The number of methoxy groups -OCH3 is 1. The van der Waals surface area contributed by atoms with E-state index in [9.17, 15) is 10.1 Å². The van der Waals surface area contributed by atoms with E-state index in [1.165, 1.54) is 29.5 Å². The summed E-state index contributed by atoms with van der Waals surface area (Å²) in [6.45, 7) is 11.3. The average molecular weight is 502 g/mol. The highest BCUT2D eigenvalue weighted by molar-refractivity contribution is 5.80. The van der Waals surface area contributed by atoms with Crippen molar-refractivity contribution in [2.45, 2.75) is 77.5 Å². The molecule has 0 spiro atoms. The molecule has 1 amide bonds. The number of fused-ring (bicyclic) bond motifs is 1. The zero-order valence-corrected chi connectivity index (χ0v) is 22.8. The van der Waals surface area contributed by atoms with Crippen LogP contribution in [0.2, 0.25) is 0 Å². The molecule has 196 valence electrons. The Hall–Kier alpha value is -3.04. The van der Waals surface area contributed by atoms with Crippen molar-refractivity contribution in [1.29, 1.82) is 5.26 Å². The third-order valence-electron chi connectivity index (χ3n) is 8.24. The van der Waals surface area contributed by atoms with Crippen LogP contribution >= 0.6 is 0 Å². The summed E-state index contributed by atoms with van der Waals surface area (Å²) in [5.41, 5.74) is 6.34. The van der Waals surface area contributed by atoms with Gasteiger partial charge in [0, 0.05) is 26.1 Å². The maximum absolute atomic E-state index is 13.5. The molecule has 2 aliphatic heterocycles. The van der Waals surface area contributed by atoms with Crippen LogP contribution in [-0.2, 0) is 29.0 Å². The minimum atomic E-state index is -0.274. The van der Waals surface area contributed by atoms with Gasteiger partial charge in [0.2, 0.25) is 5.91 Å². The largest absolute Gasteiger partial charge is 0.497 e. The van der Waals surface area contributed by atoms with E-state index in [1.807, 2.05) is 24.3 Å². The van der Waals surface area contributed by atoms with Gasteiger partial charge < -0.3 is 19.3 Å². The van der Waals surface area contributed by atoms with Crippen molar-refractivity contribution in [2.75, 3.05) is 31.6 Å². The number of benzene rings is 2. The molecule has 0 bridgehead atoms. The van der Waals surface area contributed by atoms with E-state index >= 15 is 0 Å². The number of ether oxygens (including phenoxy) is 2. The number of carbonyl (C=O) groups excluding carboxylic acids is 1. The fourth-order valence-corrected chi connectivity index (χ4v) is 6.00. The highest BCUT2D eigenvalue weighted by atomic mass is 16.5. The number of piperazine rings is 1. The maximum atomic E-state index is 13.5. The van der Waals surface area contributed by atoms with Gasteiger partial charge in [-0.3, -0.25) is 4.79 Å². The molecule has 2 aromatic carbocycles. The number of rotatable bonds is 6. The Morgan fingerprint density at radius 1 is 1.22 bits per heavy atom. The summed E-state index contributed by atoms with van der Waals surface area (Å²) in [5, 5.41) is 10.4. The number of anilines is 1. The van der Waals surface area contributed by atoms with Crippen molar-refractivity contribution in [1.82, 2.24) is 4.90 Å². The summed E-state index contributed by atoms with van der Waals surface area (Å²) in [4.78, 5) is 17.9. The zero-order valence-electron chi connectivity index (χ0n) is 22.8. The molecular weight excluding hydrogens is 462 g/mol. The molecule has 0 unspecified atom stereocenters. The number of hydrogen-bond donors (Lipinski definition) is 0. The molecule has 2 aromatic rings. The lowest BCUT2D eigenvalue weighted by atomic mass is 9.83. The molecule has 3 aliphatic rings. The Bertz CT molecular complexity index is 1220. The van der Waals surface area contributed by atoms with Gasteiger partial charge in [0.15, 0.2) is 0 Å². The fourth-order valence-electron chi connectivity index (χ4n) is 6.00. The Morgan fingerprint density at radius 3 is 2.68 bits per heavy atom. The van der Waals surface area contributed by atoms with Crippen molar-refractivity contribution in [3.8, 4) is 11.8 Å². The molecular formula is C31H39N3O3. The summed E-state index contributed by atoms with van der Waals surface area (Å²) in [5.74, 6) is 1.80. The standard InChI is InChI=1S/C31H39N3O3/c1-20(2)29-18-33(11-12-34(29)30(35)14-21-7-6-8-23(13-21)36-5)28-15-24(22-9-10-22)27-19-37-31(3,4)16-25(27)26(28)17-32/h6-8,13,15,20,22,29H,9-12,14,16,18-19H2,1-5H3/t29-/m0/s1. The highest BCUT2D eigenvalue weighted by Crippen LogP contribution is 2.47. The van der Waals surface area contributed by atoms with Gasteiger partial charge in [0.25, 0.3) is 0 Å². The van der Waals surface area contributed by atoms with E-state index in [0.717, 1.165) is 42.1 Å². The predicted molar refractivity (Wildman–Crippen MR) is 145 cm³/mol. The molecule has 1 aliphatic carbocycles. The highest BCUT2D eigenvalue weighted by Gasteiger charge is 2.38. The van der Waals surface area contributed by atoms with Crippen LogP contribution < -0.4 is 9.64 Å². The van der Waals surface area contributed by atoms with Crippen LogP contribution in [0.3, 0.4) is 0 Å². The molecule has 37 heavy (non-hydrogen) atoms. The first-order valence-electron chi connectivity index (χ1n) is 13.6. The molecule has 0 radical (unpaired) electrons. The smallest absolute Gasteiger partial charge is 0.227 e. The van der Waals surface area contributed by atoms with Crippen LogP contribution in [0.25, 0.3) is 0 Å². The summed E-state index contributed by atoms with van der Waals surface area (Å²) in [6.07, 6.45) is 3.54. The molecule has 2 fully saturated rings. The van der Waals surface area contributed by atoms with Gasteiger partial charge in [0.1, 0.15) is 11.8 Å². The zero-order chi connectivity index (χ0) is 26.3. The van der Waals surface area contributed by atoms with Crippen molar-refractivity contribution in [2.24, 2.45) is 5.92 Å². The number of nitrogens with zero attached hydrogens (tertiary/aromatic N) is 3. The van der Waals surface area contributed by atoms with Gasteiger partial charge in [-0.25, -0.2) is 0 Å². The minimum absolute atomic E-state index is 0.0820. The second kappa shape index (κ2) is 10.0. The van der Waals surface area contributed by atoms with Gasteiger partial charge in [0.05, 0.1) is 43.0 Å². The fraction of sp³-hybridized carbons (Fsp3) is 0.548. The van der Waals surface area contributed by atoms with E-state index < -0.39 is 0 Å². The SMILES string of the molecule is COc1cccc(CC(=O)N2CCN(c3cc(C4CC4)c4c(c3C#N)CC(C)(C)OC4)C[C@H]2C(C)C)c1. The van der Waals surface area contributed by atoms with E-state index in [4.69, 9.17) is 9.47 Å². The Kier molecular flexibility index (Phi) is 6.93. The van der Waals surface area contributed by atoms with Crippen LogP contribution in [0, 0.1) is 17.2 Å². The quantitative estimate of drug-likeness (QED) is 0.544. The second-order valence-electron chi connectivity index (χ2n) is 11.8. The van der Waals surface area contributed by atoms with Crippen LogP contribution in [0.15, 0.2) is 30.3 Å². The topological polar surface area (TPSA) is 65.8 Å². The molecule has 1 atom stereocenters. The Labute approximate surface area is 221 Å². The van der Waals surface area contributed by atoms with Crippen LogP contribution in [-0.4, -0.2) is 49.2 Å². The molecule has 1 saturated carbocycles. The molecule has 1 saturated heterocycles. The third-order valence-corrected chi connectivity index (χ3v) is 8.24. The normalized spacial score (nSPS) is 20.9. The summed E-state index contributed by atoms with van der Waals surface area (Å²) < 4.78 is 11.5. The summed E-state index contributed by atoms with van der Waals surface area (Å²) in [6, 6.07) is 12.7. The third kappa shape index (κ3) is 5.20. The average Bonchev–Trinajstić information content (AvgIpc) is 3.72. The predicted octanol–water partition coefficient (Wildman–Crippen LogP) is 5.21. The first kappa shape index (κ1) is 25.6. The van der Waals surface area contributed by atoms with E-state index in [0.29, 0.717) is 31.4 Å². The summed E-state index contributed by atoms with van der Waals surface area (Å²) in [7, 11) is 1.65. The van der Waals surface area contributed by atoms with Crippen molar-refractivity contribution >= 4 is 11.6 Å². The lowest BCUT2D eigenvalue weighted by Crippen LogP contribution is -2.57. The number of amides is 1. The van der Waals surface area contributed by atoms with Gasteiger partial charge in [-0.1, -0.05) is 26.0 Å². The Balaban J connectivity index is 1.43. The van der Waals surface area contributed by atoms with Gasteiger partial charge >= 0.3 is 0 Å². The molecule has 2 heterocycles. The molecule has 5 rings (SSSR count). The molecule has 0 N–H and O–H groups in total. The van der Waals surface area contributed by atoms with Crippen LogP contribution in [0.4, 0.5) is 5.69 Å². The number of carbonyl (C=O) groups is 1. The van der Waals surface area contributed by atoms with E-state index in [-0.39, 0.29) is 17.6 Å². The first-order chi connectivity index (χ1) is 17.7. The number of hydrogen-bond acceptors (Lipinski definition) is 5.